The van der Waals surface area contributed by atoms with E-state index in [1.165, 1.54) is 12.1 Å². The Kier molecular flexibility index (Phi) is 6.15. The molecule has 21 heavy (non-hydrogen) atoms. The molecule has 0 saturated carbocycles. The van der Waals surface area contributed by atoms with Gasteiger partial charge in [-0.2, -0.15) is 0 Å². The molecule has 1 heterocycles. The number of piperazine rings is 1. The first-order valence-electron chi connectivity index (χ1n) is 7.90. The van der Waals surface area contributed by atoms with E-state index in [1.807, 2.05) is 12.1 Å². The number of rotatable bonds is 6. The summed E-state index contributed by atoms with van der Waals surface area (Å²) in [5.74, 6) is 0.482. The molecule has 1 aliphatic rings. The molecule has 1 fully saturated rings. The Balaban J connectivity index is 1.96. The number of aliphatic hydroxyl groups is 1. The Morgan fingerprint density at radius 1 is 1.24 bits per heavy atom. The fourth-order valence-electron chi connectivity index (χ4n) is 3.09. The molecule has 1 aromatic carbocycles. The maximum atomic E-state index is 13.0. The van der Waals surface area contributed by atoms with Crippen molar-refractivity contribution in [1.29, 1.82) is 0 Å². The van der Waals surface area contributed by atoms with Crippen LogP contribution in [-0.2, 0) is 6.54 Å². The monoisotopic (exact) mass is 294 g/mol. The fraction of sp³-hybridized carbons (Fsp3) is 0.647. The minimum Gasteiger partial charge on any atom is -0.396 e. The van der Waals surface area contributed by atoms with Crippen LogP contribution in [-0.4, -0.2) is 53.7 Å². The van der Waals surface area contributed by atoms with Gasteiger partial charge in [0, 0.05) is 45.4 Å². The molecule has 0 amide bonds. The first-order valence-corrected chi connectivity index (χ1v) is 7.90. The lowest BCUT2D eigenvalue weighted by molar-refractivity contribution is 0.0483. The highest BCUT2D eigenvalue weighted by Crippen LogP contribution is 2.17. The smallest absolute Gasteiger partial charge is 0.123 e. The van der Waals surface area contributed by atoms with Crippen molar-refractivity contribution >= 4 is 0 Å². The second-order valence-electron chi connectivity index (χ2n) is 6.42. The summed E-state index contributed by atoms with van der Waals surface area (Å²) in [5, 5.41) is 9.31. The predicted octanol–water partition coefficient (Wildman–Crippen LogP) is 2.35. The van der Waals surface area contributed by atoms with E-state index < -0.39 is 0 Å². The lowest BCUT2D eigenvalue weighted by Gasteiger charge is -2.42. The van der Waals surface area contributed by atoms with Crippen LogP contribution in [0.5, 0.6) is 0 Å². The molecule has 1 unspecified atom stereocenters. The Hall–Kier alpha value is -0.970. The van der Waals surface area contributed by atoms with Gasteiger partial charge in [0.15, 0.2) is 0 Å². The molecule has 1 aliphatic heterocycles. The van der Waals surface area contributed by atoms with Gasteiger partial charge in [-0.15, -0.1) is 0 Å². The third kappa shape index (κ3) is 5.06. The highest BCUT2D eigenvalue weighted by atomic mass is 19.1. The van der Waals surface area contributed by atoms with Gasteiger partial charge in [-0.3, -0.25) is 4.90 Å². The summed E-state index contributed by atoms with van der Waals surface area (Å²) in [6.45, 7) is 9.75. The van der Waals surface area contributed by atoms with E-state index in [-0.39, 0.29) is 12.4 Å². The number of hydrogen-bond acceptors (Lipinski definition) is 3. The zero-order valence-electron chi connectivity index (χ0n) is 13.1. The van der Waals surface area contributed by atoms with Crippen LogP contribution in [0.3, 0.4) is 0 Å². The van der Waals surface area contributed by atoms with Gasteiger partial charge in [-0.05, 0) is 30.0 Å². The van der Waals surface area contributed by atoms with Crippen LogP contribution in [0, 0.1) is 11.7 Å². The highest BCUT2D eigenvalue weighted by molar-refractivity contribution is 5.16. The number of hydrogen-bond donors (Lipinski definition) is 1. The van der Waals surface area contributed by atoms with Crippen molar-refractivity contribution in [2.75, 3.05) is 32.8 Å². The van der Waals surface area contributed by atoms with Crippen molar-refractivity contribution < 1.29 is 9.50 Å². The molecular formula is C17H27FN2O. The largest absolute Gasteiger partial charge is 0.396 e. The Labute approximate surface area is 127 Å². The van der Waals surface area contributed by atoms with Gasteiger partial charge < -0.3 is 10.0 Å². The van der Waals surface area contributed by atoms with E-state index in [0.29, 0.717) is 12.0 Å². The summed E-state index contributed by atoms with van der Waals surface area (Å²) in [6, 6.07) is 7.13. The van der Waals surface area contributed by atoms with E-state index in [9.17, 15) is 9.50 Å². The average molecular weight is 294 g/mol. The summed E-state index contributed by atoms with van der Waals surface area (Å²) in [7, 11) is 0. The molecule has 0 aromatic heterocycles. The van der Waals surface area contributed by atoms with Crippen LogP contribution in [0.1, 0.15) is 25.8 Å². The highest BCUT2D eigenvalue weighted by Gasteiger charge is 2.26. The SMILES string of the molecule is CC(C)CN1CCN(Cc2ccc(F)cc2)C(CCO)C1. The molecule has 0 bridgehead atoms. The molecule has 0 spiro atoms. The lowest BCUT2D eigenvalue weighted by atomic mass is 10.1. The van der Waals surface area contributed by atoms with Gasteiger partial charge in [0.25, 0.3) is 0 Å². The average Bonchev–Trinajstić information content (AvgIpc) is 2.44. The second-order valence-corrected chi connectivity index (χ2v) is 6.42. The van der Waals surface area contributed by atoms with Crippen molar-refractivity contribution in [3.8, 4) is 0 Å². The van der Waals surface area contributed by atoms with Crippen LogP contribution in [0.25, 0.3) is 0 Å². The second kappa shape index (κ2) is 7.87. The summed E-state index contributed by atoms with van der Waals surface area (Å²) < 4.78 is 13.0. The van der Waals surface area contributed by atoms with Gasteiger partial charge in [0.2, 0.25) is 0 Å². The number of aliphatic hydroxyl groups excluding tert-OH is 1. The Morgan fingerprint density at radius 2 is 1.95 bits per heavy atom. The third-order valence-corrected chi connectivity index (χ3v) is 4.07. The van der Waals surface area contributed by atoms with E-state index in [0.717, 1.165) is 44.7 Å². The molecule has 4 heteroatoms. The Morgan fingerprint density at radius 3 is 2.57 bits per heavy atom. The van der Waals surface area contributed by atoms with Crippen molar-refractivity contribution in [3.05, 3.63) is 35.6 Å². The maximum absolute atomic E-state index is 13.0. The summed E-state index contributed by atoms with van der Waals surface area (Å²) in [5.41, 5.74) is 1.14. The van der Waals surface area contributed by atoms with E-state index in [2.05, 4.69) is 23.6 Å². The summed E-state index contributed by atoms with van der Waals surface area (Å²) >= 11 is 0. The van der Waals surface area contributed by atoms with Crippen molar-refractivity contribution in [2.45, 2.75) is 32.9 Å². The topological polar surface area (TPSA) is 26.7 Å². The van der Waals surface area contributed by atoms with E-state index in [4.69, 9.17) is 0 Å². The van der Waals surface area contributed by atoms with Gasteiger partial charge in [0.05, 0.1) is 0 Å². The molecule has 1 aromatic rings. The number of nitrogens with zero attached hydrogens (tertiary/aromatic N) is 2. The van der Waals surface area contributed by atoms with Crippen LogP contribution >= 0.6 is 0 Å². The minimum atomic E-state index is -0.188. The van der Waals surface area contributed by atoms with E-state index >= 15 is 0 Å². The molecule has 0 radical (unpaired) electrons. The van der Waals surface area contributed by atoms with Crippen LogP contribution in [0.4, 0.5) is 4.39 Å². The predicted molar refractivity (Wildman–Crippen MR) is 83.6 cm³/mol. The molecular weight excluding hydrogens is 267 g/mol. The lowest BCUT2D eigenvalue weighted by Crippen LogP contribution is -2.53. The summed E-state index contributed by atoms with van der Waals surface area (Å²) in [6.07, 6.45) is 0.801. The molecule has 0 aliphatic carbocycles. The maximum Gasteiger partial charge on any atom is 0.123 e. The van der Waals surface area contributed by atoms with Crippen molar-refractivity contribution in [3.63, 3.8) is 0 Å². The van der Waals surface area contributed by atoms with Crippen LogP contribution in [0.2, 0.25) is 0 Å². The molecule has 1 atom stereocenters. The summed E-state index contributed by atoms with van der Waals surface area (Å²) in [4.78, 5) is 4.91. The third-order valence-electron chi connectivity index (χ3n) is 4.07. The van der Waals surface area contributed by atoms with Gasteiger partial charge in [0.1, 0.15) is 5.82 Å². The van der Waals surface area contributed by atoms with Gasteiger partial charge in [-0.1, -0.05) is 26.0 Å². The van der Waals surface area contributed by atoms with Crippen molar-refractivity contribution in [1.82, 2.24) is 9.80 Å². The Bertz CT molecular complexity index is 421. The first kappa shape index (κ1) is 16.4. The minimum absolute atomic E-state index is 0.188. The fourth-order valence-corrected chi connectivity index (χ4v) is 3.09. The number of halogens is 1. The quantitative estimate of drug-likeness (QED) is 0.872. The standard InChI is InChI=1S/C17H27FN2O/c1-14(2)11-19-8-9-20(17(13-19)7-10-21)12-15-3-5-16(18)6-4-15/h3-6,14,17,21H,7-13H2,1-2H3. The normalized spacial score (nSPS) is 21.1. The van der Waals surface area contributed by atoms with Crippen LogP contribution in [0.15, 0.2) is 24.3 Å². The number of benzene rings is 1. The van der Waals surface area contributed by atoms with Gasteiger partial charge in [-0.25, -0.2) is 4.39 Å². The van der Waals surface area contributed by atoms with Gasteiger partial charge >= 0.3 is 0 Å². The first-order chi connectivity index (χ1) is 10.1. The van der Waals surface area contributed by atoms with Crippen molar-refractivity contribution in [2.24, 2.45) is 5.92 Å². The van der Waals surface area contributed by atoms with Crippen LogP contribution < -0.4 is 0 Å². The molecule has 1 N–H and O–H groups in total. The zero-order chi connectivity index (χ0) is 15.2. The molecule has 2 rings (SSSR count). The molecule has 1 saturated heterocycles. The molecule has 3 nitrogen and oxygen atoms in total. The van der Waals surface area contributed by atoms with E-state index in [1.54, 1.807) is 0 Å². The zero-order valence-corrected chi connectivity index (χ0v) is 13.1. The molecule has 118 valence electrons.